The van der Waals surface area contributed by atoms with Crippen LogP contribution in [0.3, 0.4) is 0 Å². The van der Waals surface area contributed by atoms with E-state index in [1.165, 1.54) is 0 Å². The van der Waals surface area contributed by atoms with E-state index in [1.807, 2.05) is 56.3 Å². The SMILES string of the molecule is CNC(=O)[C@H](Cc1ccccc1)N(Cc1ccc(Cl)cc1Cl)C(=O)Cc1cc(C)cc(C)c1. The van der Waals surface area contributed by atoms with E-state index >= 15 is 0 Å². The van der Waals surface area contributed by atoms with Gasteiger partial charge in [0.15, 0.2) is 0 Å². The Labute approximate surface area is 205 Å². The molecule has 1 N–H and O–H groups in total. The molecule has 3 aromatic carbocycles. The van der Waals surface area contributed by atoms with Gasteiger partial charge in [-0.2, -0.15) is 0 Å². The van der Waals surface area contributed by atoms with Crippen molar-refractivity contribution in [3.05, 3.63) is 105 Å². The van der Waals surface area contributed by atoms with Crippen molar-refractivity contribution in [3.8, 4) is 0 Å². The number of carbonyl (C=O) groups excluding carboxylic acids is 2. The summed E-state index contributed by atoms with van der Waals surface area (Å²) in [6.07, 6.45) is 0.584. The van der Waals surface area contributed by atoms with Gasteiger partial charge in [-0.05, 0) is 42.7 Å². The Bertz CT molecular complexity index is 1110. The summed E-state index contributed by atoms with van der Waals surface area (Å²) in [5.41, 5.74) is 4.81. The lowest BCUT2D eigenvalue weighted by Gasteiger charge is -2.31. The summed E-state index contributed by atoms with van der Waals surface area (Å²) in [5, 5.41) is 3.70. The highest BCUT2D eigenvalue weighted by Gasteiger charge is 2.30. The van der Waals surface area contributed by atoms with Crippen molar-refractivity contribution in [2.24, 2.45) is 0 Å². The molecule has 33 heavy (non-hydrogen) atoms. The zero-order chi connectivity index (χ0) is 24.0. The van der Waals surface area contributed by atoms with Gasteiger partial charge >= 0.3 is 0 Å². The van der Waals surface area contributed by atoms with E-state index in [-0.39, 0.29) is 24.8 Å². The van der Waals surface area contributed by atoms with Crippen molar-refractivity contribution in [1.29, 1.82) is 0 Å². The summed E-state index contributed by atoms with van der Waals surface area (Å²) in [6.45, 7) is 4.22. The second kappa shape index (κ2) is 11.4. The first kappa shape index (κ1) is 24.8. The molecule has 1 atom stereocenters. The third-order valence-electron chi connectivity index (χ3n) is 5.51. The fourth-order valence-electron chi connectivity index (χ4n) is 4.00. The van der Waals surface area contributed by atoms with Gasteiger partial charge in [-0.15, -0.1) is 0 Å². The Morgan fingerprint density at radius 2 is 1.58 bits per heavy atom. The zero-order valence-corrected chi connectivity index (χ0v) is 20.6. The molecule has 0 heterocycles. The van der Waals surface area contributed by atoms with Gasteiger partial charge in [0.25, 0.3) is 0 Å². The first-order chi connectivity index (χ1) is 15.8. The van der Waals surface area contributed by atoms with Gasteiger partial charge in [0.2, 0.25) is 11.8 Å². The van der Waals surface area contributed by atoms with Crippen molar-refractivity contribution in [3.63, 3.8) is 0 Å². The number of benzene rings is 3. The lowest BCUT2D eigenvalue weighted by atomic mass is 10.0. The number of amides is 2. The summed E-state index contributed by atoms with van der Waals surface area (Å²) in [6, 6.07) is 20.3. The number of rotatable bonds is 8. The van der Waals surface area contributed by atoms with Crippen molar-refractivity contribution in [2.75, 3.05) is 7.05 Å². The Morgan fingerprint density at radius 1 is 0.909 bits per heavy atom. The second-order valence-electron chi connectivity index (χ2n) is 8.25. The molecule has 0 aliphatic heterocycles. The van der Waals surface area contributed by atoms with Crippen molar-refractivity contribution in [1.82, 2.24) is 10.2 Å². The number of aryl methyl sites for hydroxylation is 2. The number of nitrogens with zero attached hydrogens (tertiary/aromatic N) is 1. The molecule has 0 radical (unpaired) electrons. The van der Waals surface area contributed by atoms with Gasteiger partial charge in [-0.1, -0.05) is 88.9 Å². The smallest absolute Gasteiger partial charge is 0.242 e. The molecule has 172 valence electrons. The Morgan fingerprint density at radius 3 is 2.18 bits per heavy atom. The van der Waals surface area contributed by atoms with E-state index in [0.717, 1.165) is 27.8 Å². The van der Waals surface area contributed by atoms with Gasteiger partial charge in [0.05, 0.1) is 6.42 Å². The summed E-state index contributed by atoms with van der Waals surface area (Å²) in [7, 11) is 1.59. The predicted molar refractivity (Wildman–Crippen MR) is 135 cm³/mol. The van der Waals surface area contributed by atoms with Crippen LogP contribution in [-0.4, -0.2) is 29.8 Å². The van der Waals surface area contributed by atoms with Crippen LogP contribution >= 0.6 is 23.2 Å². The molecule has 3 rings (SSSR count). The number of carbonyl (C=O) groups is 2. The Hall–Kier alpha value is -2.82. The van der Waals surface area contributed by atoms with Crippen LogP contribution in [0.25, 0.3) is 0 Å². The third kappa shape index (κ3) is 6.83. The third-order valence-corrected chi connectivity index (χ3v) is 6.10. The summed E-state index contributed by atoms with van der Waals surface area (Å²) >= 11 is 12.5. The number of nitrogens with one attached hydrogen (secondary N) is 1. The van der Waals surface area contributed by atoms with E-state index in [9.17, 15) is 9.59 Å². The van der Waals surface area contributed by atoms with Gasteiger partial charge < -0.3 is 10.2 Å². The number of halogens is 2. The van der Waals surface area contributed by atoms with Gasteiger partial charge in [0, 0.05) is 30.1 Å². The lowest BCUT2D eigenvalue weighted by Crippen LogP contribution is -2.50. The molecule has 3 aromatic rings. The zero-order valence-electron chi connectivity index (χ0n) is 19.1. The van der Waals surface area contributed by atoms with Crippen LogP contribution in [0.2, 0.25) is 10.0 Å². The number of hydrogen-bond donors (Lipinski definition) is 1. The van der Waals surface area contributed by atoms with E-state index in [0.29, 0.717) is 16.5 Å². The molecule has 0 saturated heterocycles. The minimum absolute atomic E-state index is 0.143. The Kier molecular flexibility index (Phi) is 8.54. The van der Waals surface area contributed by atoms with Crippen molar-refractivity contribution in [2.45, 2.75) is 39.3 Å². The summed E-state index contributed by atoms with van der Waals surface area (Å²) < 4.78 is 0. The highest BCUT2D eigenvalue weighted by molar-refractivity contribution is 6.35. The molecule has 6 heteroatoms. The van der Waals surface area contributed by atoms with Crippen LogP contribution in [0.15, 0.2) is 66.7 Å². The van der Waals surface area contributed by atoms with Gasteiger partial charge in [-0.25, -0.2) is 0 Å². The van der Waals surface area contributed by atoms with E-state index in [1.54, 1.807) is 30.1 Å². The van der Waals surface area contributed by atoms with Gasteiger partial charge in [-0.3, -0.25) is 9.59 Å². The fraction of sp³-hybridized carbons (Fsp3) is 0.259. The summed E-state index contributed by atoms with van der Waals surface area (Å²) in [4.78, 5) is 28.3. The fourth-order valence-corrected chi connectivity index (χ4v) is 4.47. The van der Waals surface area contributed by atoms with Crippen LogP contribution in [0, 0.1) is 13.8 Å². The van der Waals surface area contributed by atoms with Crippen molar-refractivity contribution >= 4 is 35.0 Å². The maximum atomic E-state index is 13.6. The monoisotopic (exact) mass is 482 g/mol. The molecule has 4 nitrogen and oxygen atoms in total. The standard InChI is InChI=1S/C27H28Cl2N2O2/c1-18-11-19(2)13-21(12-18)15-26(32)31(17-22-9-10-23(28)16-24(22)29)25(27(33)30-3)14-20-7-5-4-6-8-20/h4-13,16,25H,14-15,17H2,1-3H3,(H,30,33)/t25-/m0/s1. The van der Waals surface area contributed by atoms with E-state index in [4.69, 9.17) is 23.2 Å². The minimum Gasteiger partial charge on any atom is -0.357 e. The minimum atomic E-state index is -0.692. The molecule has 0 unspecified atom stereocenters. The molecule has 0 saturated carbocycles. The molecular formula is C27H28Cl2N2O2. The van der Waals surface area contributed by atoms with Gasteiger partial charge in [0.1, 0.15) is 6.04 Å². The highest BCUT2D eigenvalue weighted by atomic mass is 35.5. The Balaban J connectivity index is 1.99. The summed E-state index contributed by atoms with van der Waals surface area (Å²) in [5.74, 6) is -0.367. The average molecular weight is 483 g/mol. The molecule has 0 bridgehead atoms. The molecule has 0 aliphatic rings. The molecule has 0 aliphatic carbocycles. The largest absolute Gasteiger partial charge is 0.357 e. The van der Waals surface area contributed by atoms with Crippen LogP contribution in [0.1, 0.15) is 27.8 Å². The van der Waals surface area contributed by atoms with Crippen LogP contribution in [0.4, 0.5) is 0 Å². The lowest BCUT2D eigenvalue weighted by molar-refractivity contribution is -0.140. The molecule has 0 aromatic heterocycles. The predicted octanol–water partition coefficient (Wildman–Crippen LogP) is 5.54. The van der Waals surface area contributed by atoms with E-state index in [2.05, 4.69) is 11.4 Å². The van der Waals surface area contributed by atoms with Crippen molar-refractivity contribution < 1.29 is 9.59 Å². The first-order valence-corrected chi connectivity index (χ1v) is 11.6. The maximum Gasteiger partial charge on any atom is 0.242 e. The topological polar surface area (TPSA) is 49.4 Å². The first-order valence-electron chi connectivity index (χ1n) is 10.8. The molecule has 0 fully saturated rings. The van der Waals surface area contributed by atoms with Crippen LogP contribution in [0.5, 0.6) is 0 Å². The maximum absolute atomic E-state index is 13.6. The normalized spacial score (nSPS) is 11.7. The number of hydrogen-bond acceptors (Lipinski definition) is 2. The van der Waals surface area contributed by atoms with Crippen LogP contribution in [-0.2, 0) is 29.0 Å². The molecule has 2 amide bonds. The van der Waals surface area contributed by atoms with Crippen LogP contribution < -0.4 is 5.32 Å². The second-order valence-corrected chi connectivity index (χ2v) is 9.09. The highest BCUT2D eigenvalue weighted by Crippen LogP contribution is 2.24. The quantitative estimate of drug-likeness (QED) is 0.458. The molecule has 0 spiro atoms. The average Bonchev–Trinajstić information content (AvgIpc) is 2.76. The van der Waals surface area contributed by atoms with E-state index < -0.39 is 6.04 Å². The molecular weight excluding hydrogens is 455 g/mol. The number of likely N-dealkylation sites (N-methyl/N-ethyl adjacent to an activating group) is 1.